The molecule has 2 saturated heterocycles. The summed E-state index contributed by atoms with van der Waals surface area (Å²) in [6.45, 7) is 10.9. The Balaban J connectivity index is 1.34. The number of benzene rings is 1. The molecule has 3 rings (SSSR count). The number of aliphatic imine (C=N–C) groups is 1. The minimum atomic E-state index is 0.739. The molecule has 1 unspecified atom stereocenters. The number of para-hydroxylation sites is 1. The number of hydrogen-bond donors (Lipinski definition) is 1. The summed E-state index contributed by atoms with van der Waals surface area (Å²) >= 11 is 0. The molecule has 25 heavy (non-hydrogen) atoms. The van der Waals surface area contributed by atoms with Crippen LogP contribution in [0.15, 0.2) is 35.3 Å². The molecule has 2 aliphatic heterocycles. The molecule has 5 heteroatoms. The lowest BCUT2D eigenvalue weighted by molar-refractivity contribution is 0.255. The summed E-state index contributed by atoms with van der Waals surface area (Å²) in [4.78, 5) is 11.9. The fourth-order valence-corrected chi connectivity index (χ4v) is 3.85. The van der Waals surface area contributed by atoms with Crippen LogP contribution in [0.4, 0.5) is 5.69 Å². The van der Waals surface area contributed by atoms with Crippen molar-refractivity contribution >= 4 is 11.6 Å². The summed E-state index contributed by atoms with van der Waals surface area (Å²) in [7, 11) is 0. The highest BCUT2D eigenvalue weighted by Gasteiger charge is 2.18. The van der Waals surface area contributed by atoms with Gasteiger partial charge in [0.2, 0.25) is 0 Å². The van der Waals surface area contributed by atoms with Crippen molar-refractivity contribution < 1.29 is 0 Å². The molecule has 2 N–H and O–H groups in total. The van der Waals surface area contributed by atoms with E-state index in [1.165, 1.54) is 18.5 Å². The topological polar surface area (TPSA) is 48.1 Å². The molecule has 1 atom stereocenters. The maximum atomic E-state index is 6.17. The third-order valence-corrected chi connectivity index (χ3v) is 5.38. The van der Waals surface area contributed by atoms with Gasteiger partial charge in [-0.1, -0.05) is 25.1 Å². The molecule has 5 nitrogen and oxygen atoms in total. The monoisotopic (exact) mass is 343 g/mol. The summed E-state index contributed by atoms with van der Waals surface area (Å²) in [6.07, 6.45) is 3.65. The van der Waals surface area contributed by atoms with Gasteiger partial charge in [-0.15, -0.1) is 0 Å². The molecule has 0 spiro atoms. The molecule has 2 heterocycles. The molecule has 0 saturated carbocycles. The molecule has 1 aromatic carbocycles. The van der Waals surface area contributed by atoms with Crippen molar-refractivity contribution in [3.8, 4) is 0 Å². The van der Waals surface area contributed by atoms with Crippen molar-refractivity contribution in [2.45, 2.75) is 26.2 Å². The largest absolute Gasteiger partial charge is 0.370 e. The molecule has 1 aromatic rings. The van der Waals surface area contributed by atoms with Crippen LogP contribution in [0.5, 0.6) is 0 Å². The van der Waals surface area contributed by atoms with Gasteiger partial charge in [-0.25, -0.2) is 0 Å². The number of hydrogen-bond acceptors (Lipinski definition) is 3. The lowest BCUT2D eigenvalue weighted by atomic mass is 10.0. The number of nitrogens with two attached hydrogens (primary N) is 1. The Morgan fingerprint density at radius 2 is 1.88 bits per heavy atom. The molecule has 2 fully saturated rings. The van der Waals surface area contributed by atoms with Gasteiger partial charge in [-0.3, -0.25) is 9.89 Å². The zero-order valence-corrected chi connectivity index (χ0v) is 15.6. The first-order chi connectivity index (χ1) is 12.2. The Morgan fingerprint density at radius 3 is 2.60 bits per heavy atom. The maximum absolute atomic E-state index is 6.17. The van der Waals surface area contributed by atoms with E-state index >= 15 is 0 Å². The van der Waals surface area contributed by atoms with Crippen LogP contribution in [-0.4, -0.2) is 68.1 Å². The van der Waals surface area contributed by atoms with Crippen molar-refractivity contribution in [2.75, 3.05) is 57.3 Å². The van der Waals surface area contributed by atoms with Crippen molar-refractivity contribution in [3.63, 3.8) is 0 Å². The minimum Gasteiger partial charge on any atom is -0.370 e. The molecule has 0 bridgehead atoms. The predicted molar refractivity (Wildman–Crippen MR) is 106 cm³/mol. The standard InChI is InChI=1S/C20H33N5/c1-18-7-5-12-25(17-18)20(21)22-10-6-11-23-13-15-24(16-14-23)19-8-3-2-4-9-19/h2-4,8-9,18H,5-7,10-17H2,1H3,(H2,21,22). The summed E-state index contributed by atoms with van der Waals surface area (Å²) < 4.78 is 0. The number of piperidine rings is 1. The SMILES string of the molecule is CC1CCCN(C(N)=NCCCN2CCN(c3ccccc3)CC2)C1. The van der Waals surface area contributed by atoms with E-state index < -0.39 is 0 Å². The van der Waals surface area contributed by atoms with Gasteiger partial charge in [-0.05, 0) is 37.3 Å². The van der Waals surface area contributed by atoms with Crippen LogP contribution in [0.3, 0.4) is 0 Å². The number of piperazine rings is 1. The highest BCUT2D eigenvalue weighted by atomic mass is 15.3. The van der Waals surface area contributed by atoms with E-state index in [4.69, 9.17) is 5.73 Å². The van der Waals surface area contributed by atoms with Crippen molar-refractivity contribution in [2.24, 2.45) is 16.6 Å². The van der Waals surface area contributed by atoms with Crippen LogP contribution in [0.1, 0.15) is 26.2 Å². The second-order valence-corrected chi connectivity index (χ2v) is 7.45. The van der Waals surface area contributed by atoms with Gasteiger partial charge in [-0.2, -0.15) is 0 Å². The van der Waals surface area contributed by atoms with E-state index in [-0.39, 0.29) is 0 Å². The number of guanidine groups is 1. The lowest BCUT2D eigenvalue weighted by Gasteiger charge is -2.36. The van der Waals surface area contributed by atoms with Gasteiger partial charge in [0.25, 0.3) is 0 Å². The molecular weight excluding hydrogens is 310 g/mol. The Hall–Kier alpha value is -1.75. The number of rotatable bonds is 5. The first kappa shape index (κ1) is 18.1. The number of anilines is 1. The van der Waals surface area contributed by atoms with Gasteiger partial charge >= 0.3 is 0 Å². The highest BCUT2D eigenvalue weighted by Crippen LogP contribution is 2.16. The molecule has 0 aromatic heterocycles. The second kappa shape index (κ2) is 9.09. The fraction of sp³-hybridized carbons (Fsp3) is 0.650. The Labute approximate surface area is 152 Å². The van der Waals surface area contributed by atoms with E-state index in [1.54, 1.807) is 0 Å². The summed E-state index contributed by atoms with van der Waals surface area (Å²) in [6, 6.07) is 10.7. The molecule has 0 aliphatic carbocycles. The summed E-state index contributed by atoms with van der Waals surface area (Å²) in [5.41, 5.74) is 7.51. The molecule has 2 aliphatic rings. The zero-order chi connectivity index (χ0) is 17.5. The average molecular weight is 344 g/mol. The van der Waals surface area contributed by atoms with Crippen molar-refractivity contribution in [1.82, 2.24) is 9.80 Å². The Kier molecular flexibility index (Phi) is 6.56. The van der Waals surface area contributed by atoms with E-state index in [9.17, 15) is 0 Å². The van der Waals surface area contributed by atoms with Gasteiger partial charge in [0, 0.05) is 58.0 Å². The lowest BCUT2D eigenvalue weighted by Crippen LogP contribution is -2.46. The van der Waals surface area contributed by atoms with Crippen molar-refractivity contribution in [3.05, 3.63) is 30.3 Å². The summed E-state index contributed by atoms with van der Waals surface area (Å²) in [5, 5.41) is 0. The van der Waals surface area contributed by atoms with Gasteiger partial charge in [0.15, 0.2) is 5.96 Å². The third-order valence-electron chi connectivity index (χ3n) is 5.38. The Bertz CT molecular complexity index is 536. The van der Waals surface area contributed by atoms with Crippen LogP contribution in [0.25, 0.3) is 0 Å². The van der Waals surface area contributed by atoms with E-state index in [0.717, 1.165) is 70.7 Å². The van der Waals surface area contributed by atoms with Gasteiger partial charge in [0.05, 0.1) is 0 Å². The molecule has 0 amide bonds. The maximum Gasteiger partial charge on any atom is 0.191 e. The third kappa shape index (κ3) is 5.36. The first-order valence-corrected chi connectivity index (χ1v) is 9.79. The van der Waals surface area contributed by atoms with Crippen molar-refractivity contribution in [1.29, 1.82) is 0 Å². The van der Waals surface area contributed by atoms with Gasteiger partial charge < -0.3 is 15.5 Å². The molecule has 0 radical (unpaired) electrons. The van der Waals surface area contributed by atoms with Crippen LogP contribution in [-0.2, 0) is 0 Å². The number of likely N-dealkylation sites (tertiary alicyclic amines) is 1. The van der Waals surface area contributed by atoms with Gasteiger partial charge in [0.1, 0.15) is 0 Å². The van der Waals surface area contributed by atoms with Crippen LogP contribution in [0.2, 0.25) is 0 Å². The highest BCUT2D eigenvalue weighted by molar-refractivity contribution is 5.78. The smallest absolute Gasteiger partial charge is 0.191 e. The Morgan fingerprint density at radius 1 is 1.12 bits per heavy atom. The summed E-state index contributed by atoms with van der Waals surface area (Å²) in [5.74, 6) is 1.49. The minimum absolute atomic E-state index is 0.739. The second-order valence-electron chi connectivity index (χ2n) is 7.45. The molecule has 138 valence electrons. The molecular formula is C20H33N5. The normalized spacial score (nSPS) is 23.1. The zero-order valence-electron chi connectivity index (χ0n) is 15.6. The van der Waals surface area contributed by atoms with Crippen LogP contribution in [0, 0.1) is 5.92 Å². The number of nitrogens with zero attached hydrogens (tertiary/aromatic N) is 4. The quantitative estimate of drug-likeness (QED) is 0.506. The average Bonchev–Trinajstić information content (AvgIpc) is 2.66. The first-order valence-electron chi connectivity index (χ1n) is 9.79. The van der Waals surface area contributed by atoms with E-state index in [0.29, 0.717) is 0 Å². The van der Waals surface area contributed by atoms with Crippen LogP contribution >= 0.6 is 0 Å². The fourth-order valence-electron chi connectivity index (χ4n) is 3.85. The van der Waals surface area contributed by atoms with E-state index in [1.807, 2.05) is 0 Å². The predicted octanol–water partition coefficient (Wildman–Crippen LogP) is 2.25. The van der Waals surface area contributed by atoms with Crippen LogP contribution < -0.4 is 10.6 Å². The van der Waals surface area contributed by atoms with E-state index in [2.05, 4.69) is 56.9 Å².